The highest BCUT2D eigenvalue weighted by molar-refractivity contribution is 5.97. The zero-order valence-electron chi connectivity index (χ0n) is 15.5. The van der Waals surface area contributed by atoms with Crippen molar-refractivity contribution in [3.63, 3.8) is 0 Å². The Bertz CT molecular complexity index is 1180. The van der Waals surface area contributed by atoms with E-state index in [9.17, 15) is 0 Å². The summed E-state index contributed by atoms with van der Waals surface area (Å²) in [6.07, 6.45) is 7.62. The van der Waals surface area contributed by atoms with Gasteiger partial charge in [0.1, 0.15) is 11.5 Å². The van der Waals surface area contributed by atoms with Gasteiger partial charge in [-0.1, -0.05) is 0 Å². The van der Waals surface area contributed by atoms with Crippen LogP contribution in [0.2, 0.25) is 0 Å². The average molecular weight is 370 g/mol. The van der Waals surface area contributed by atoms with Crippen LogP contribution in [0, 0.1) is 0 Å². The first-order valence-electron chi connectivity index (χ1n) is 8.90. The SMILES string of the molecule is COc1ccc2c(-c3cnc(-c4c[nH]c5cc(OC)ccc45)nc3)c[nH]c2c1. The van der Waals surface area contributed by atoms with E-state index in [-0.39, 0.29) is 0 Å². The lowest BCUT2D eigenvalue weighted by Crippen LogP contribution is -1.89. The number of ether oxygens (including phenoxy) is 2. The smallest absolute Gasteiger partial charge is 0.161 e. The maximum atomic E-state index is 5.29. The number of fused-ring (bicyclic) bond motifs is 2. The summed E-state index contributed by atoms with van der Waals surface area (Å²) in [4.78, 5) is 15.8. The second-order valence-electron chi connectivity index (χ2n) is 6.52. The number of aromatic amines is 2. The molecule has 0 fully saturated rings. The van der Waals surface area contributed by atoms with Gasteiger partial charge in [-0.2, -0.15) is 0 Å². The first-order chi connectivity index (χ1) is 13.8. The Morgan fingerprint density at radius 1 is 0.714 bits per heavy atom. The van der Waals surface area contributed by atoms with Crippen LogP contribution in [-0.2, 0) is 0 Å². The lowest BCUT2D eigenvalue weighted by Gasteiger charge is -2.03. The number of hydrogen-bond acceptors (Lipinski definition) is 4. The zero-order chi connectivity index (χ0) is 19.1. The molecule has 0 atom stereocenters. The van der Waals surface area contributed by atoms with Gasteiger partial charge in [0, 0.05) is 75.4 Å². The number of nitrogens with one attached hydrogen (secondary N) is 2. The van der Waals surface area contributed by atoms with Crippen molar-refractivity contribution < 1.29 is 9.47 Å². The highest BCUT2D eigenvalue weighted by atomic mass is 16.5. The van der Waals surface area contributed by atoms with E-state index >= 15 is 0 Å². The number of methoxy groups -OCH3 is 2. The quantitative estimate of drug-likeness (QED) is 0.477. The molecule has 0 saturated heterocycles. The van der Waals surface area contributed by atoms with E-state index in [1.165, 1.54) is 0 Å². The molecule has 0 aliphatic rings. The number of benzene rings is 2. The Morgan fingerprint density at radius 3 is 1.82 bits per heavy atom. The van der Waals surface area contributed by atoms with E-state index in [4.69, 9.17) is 9.47 Å². The van der Waals surface area contributed by atoms with Crippen molar-refractivity contribution in [1.82, 2.24) is 19.9 Å². The number of H-pyrrole nitrogens is 2. The van der Waals surface area contributed by atoms with E-state index in [2.05, 4.69) is 19.9 Å². The highest BCUT2D eigenvalue weighted by Crippen LogP contribution is 2.32. The molecule has 0 radical (unpaired) electrons. The van der Waals surface area contributed by atoms with Crippen molar-refractivity contribution in [1.29, 1.82) is 0 Å². The summed E-state index contributed by atoms with van der Waals surface area (Å²) >= 11 is 0. The monoisotopic (exact) mass is 370 g/mol. The Morgan fingerprint density at radius 2 is 1.25 bits per heavy atom. The van der Waals surface area contributed by atoms with Crippen molar-refractivity contribution >= 4 is 21.8 Å². The van der Waals surface area contributed by atoms with Gasteiger partial charge in [-0.25, -0.2) is 9.97 Å². The Hall–Kier alpha value is -3.80. The van der Waals surface area contributed by atoms with Gasteiger partial charge in [0.25, 0.3) is 0 Å². The molecule has 3 heterocycles. The minimum absolute atomic E-state index is 0.682. The molecule has 2 N–H and O–H groups in total. The number of nitrogens with zero attached hydrogens (tertiary/aromatic N) is 2. The van der Waals surface area contributed by atoms with Gasteiger partial charge >= 0.3 is 0 Å². The topological polar surface area (TPSA) is 75.8 Å². The summed E-state index contributed by atoms with van der Waals surface area (Å²) in [5, 5.41) is 2.17. The first kappa shape index (κ1) is 16.4. The molecule has 138 valence electrons. The van der Waals surface area contributed by atoms with Gasteiger partial charge in [0.05, 0.1) is 14.2 Å². The van der Waals surface area contributed by atoms with Crippen LogP contribution >= 0.6 is 0 Å². The van der Waals surface area contributed by atoms with Crippen LogP contribution in [-0.4, -0.2) is 34.2 Å². The fourth-order valence-electron chi connectivity index (χ4n) is 3.49. The van der Waals surface area contributed by atoms with Crippen molar-refractivity contribution in [2.24, 2.45) is 0 Å². The molecule has 0 unspecified atom stereocenters. The summed E-state index contributed by atoms with van der Waals surface area (Å²) in [6, 6.07) is 11.9. The number of rotatable bonds is 4. The van der Waals surface area contributed by atoms with Crippen molar-refractivity contribution in [2.75, 3.05) is 14.2 Å². The first-order valence-corrected chi connectivity index (χ1v) is 8.90. The Labute approximate surface area is 161 Å². The van der Waals surface area contributed by atoms with E-state index in [0.29, 0.717) is 5.82 Å². The van der Waals surface area contributed by atoms with E-state index < -0.39 is 0 Å². The molecule has 0 bridgehead atoms. The van der Waals surface area contributed by atoms with Gasteiger partial charge in [-0.3, -0.25) is 0 Å². The third-order valence-corrected chi connectivity index (χ3v) is 4.98. The number of hydrogen-bond donors (Lipinski definition) is 2. The van der Waals surface area contributed by atoms with Gasteiger partial charge < -0.3 is 19.4 Å². The molecule has 0 spiro atoms. The molecule has 0 amide bonds. The molecule has 28 heavy (non-hydrogen) atoms. The summed E-state index contributed by atoms with van der Waals surface area (Å²) in [5.74, 6) is 2.32. The minimum atomic E-state index is 0.682. The zero-order valence-corrected chi connectivity index (χ0v) is 15.5. The molecular weight excluding hydrogens is 352 g/mol. The largest absolute Gasteiger partial charge is 0.497 e. The summed E-state index contributed by atoms with van der Waals surface area (Å²) in [6.45, 7) is 0. The fraction of sp³-hybridized carbons (Fsp3) is 0.0909. The lowest BCUT2D eigenvalue weighted by atomic mass is 10.1. The molecule has 5 aromatic rings. The van der Waals surface area contributed by atoms with Crippen LogP contribution < -0.4 is 9.47 Å². The average Bonchev–Trinajstić information content (AvgIpc) is 3.37. The van der Waals surface area contributed by atoms with Gasteiger partial charge in [-0.15, -0.1) is 0 Å². The van der Waals surface area contributed by atoms with Crippen molar-refractivity contribution in [3.05, 3.63) is 61.2 Å². The molecule has 0 saturated carbocycles. The minimum Gasteiger partial charge on any atom is -0.497 e. The van der Waals surface area contributed by atoms with Gasteiger partial charge in [-0.05, 0) is 24.3 Å². The summed E-state index contributed by atoms with van der Waals surface area (Å²) < 4.78 is 10.6. The molecule has 0 aliphatic carbocycles. The third-order valence-electron chi connectivity index (χ3n) is 4.98. The van der Waals surface area contributed by atoms with Gasteiger partial charge in [0.15, 0.2) is 5.82 Å². The predicted octanol–water partition coefficient (Wildman–Crippen LogP) is 4.79. The van der Waals surface area contributed by atoms with E-state index in [1.54, 1.807) is 14.2 Å². The maximum Gasteiger partial charge on any atom is 0.161 e. The van der Waals surface area contributed by atoms with Crippen molar-refractivity contribution in [2.45, 2.75) is 0 Å². The van der Waals surface area contributed by atoms with Crippen molar-refractivity contribution in [3.8, 4) is 34.0 Å². The Balaban J connectivity index is 1.53. The molecule has 2 aromatic carbocycles. The normalized spacial score (nSPS) is 11.2. The second-order valence-corrected chi connectivity index (χ2v) is 6.52. The summed E-state index contributed by atoms with van der Waals surface area (Å²) in [7, 11) is 3.33. The standard InChI is InChI=1S/C22H18N4O2/c1-27-14-3-5-16-18(11-23-20(16)7-14)13-9-25-22(26-10-13)19-12-24-21-8-15(28-2)4-6-17(19)21/h3-12,23-24H,1-2H3. The molecular formula is C22H18N4O2. The summed E-state index contributed by atoms with van der Waals surface area (Å²) in [5.41, 5.74) is 5.00. The molecule has 0 aliphatic heterocycles. The van der Waals surface area contributed by atoms with Crippen LogP contribution in [0.4, 0.5) is 0 Å². The van der Waals surface area contributed by atoms with Crippen LogP contribution in [0.1, 0.15) is 0 Å². The van der Waals surface area contributed by atoms with E-state index in [1.807, 2.05) is 61.2 Å². The van der Waals surface area contributed by atoms with E-state index in [0.717, 1.165) is 50.0 Å². The molecule has 3 aromatic heterocycles. The molecule has 6 heteroatoms. The molecule has 5 rings (SSSR count). The number of aromatic nitrogens is 4. The predicted molar refractivity (Wildman–Crippen MR) is 110 cm³/mol. The second kappa shape index (κ2) is 6.42. The van der Waals surface area contributed by atoms with Crippen LogP contribution in [0.25, 0.3) is 44.3 Å². The highest BCUT2D eigenvalue weighted by Gasteiger charge is 2.12. The van der Waals surface area contributed by atoms with Crippen LogP contribution in [0.5, 0.6) is 11.5 Å². The molecule has 6 nitrogen and oxygen atoms in total. The fourth-order valence-corrected chi connectivity index (χ4v) is 3.49. The van der Waals surface area contributed by atoms with Crippen LogP contribution in [0.15, 0.2) is 61.2 Å². The van der Waals surface area contributed by atoms with Crippen LogP contribution in [0.3, 0.4) is 0 Å². The van der Waals surface area contributed by atoms with Gasteiger partial charge in [0.2, 0.25) is 0 Å². The Kier molecular flexibility index (Phi) is 3.76. The lowest BCUT2D eigenvalue weighted by molar-refractivity contribution is 0.415. The third kappa shape index (κ3) is 2.58. The maximum absolute atomic E-state index is 5.29.